The van der Waals surface area contributed by atoms with Crippen LogP contribution in [0.4, 0.5) is 0 Å². The number of nitrogens with one attached hydrogen (secondary N) is 2. The van der Waals surface area contributed by atoms with Gasteiger partial charge in [-0.25, -0.2) is 4.98 Å². The maximum absolute atomic E-state index is 12.1. The van der Waals surface area contributed by atoms with Crippen LogP contribution in [-0.2, 0) is 6.54 Å². The van der Waals surface area contributed by atoms with E-state index in [4.69, 9.17) is 0 Å². The van der Waals surface area contributed by atoms with E-state index in [1.54, 1.807) is 18.6 Å². The largest absolute Gasteiger partial charge is 0.347 e. The normalized spacial score (nSPS) is 10.4. The summed E-state index contributed by atoms with van der Waals surface area (Å²) in [5.74, 6) is -0.103. The van der Waals surface area contributed by atoms with E-state index in [9.17, 15) is 4.79 Å². The molecule has 5 heteroatoms. The molecular formula is C15H14N4O. The standard InChI is InChI=1S/C15H14N4O/c20-15(17-10-13-9-16-11-18-13)12-4-3-5-14(8-12)19-6-1-2-7-19/h1-9,11H,10H2,(H,16,18)(H,17,20). The minimum absolute atomic E-state index is 0.103. The molecule has 2 aromatic heterocycles. The molecule has 0 aliphatic carbocycles. The van der Waals surface area contributed by atoms with Crippen LogP contribution >= 0.6 is 0 Å². The summed E-state index contributed by atoms with van der Waals surface area (Å²) < 4.78 is 1.96. The molecule has 0 spiro atoms. The molecule has 0 atom stereocenters. The molecule has 0 saturated carbocycles. The van der Waals surface area contributed by atoms with Crippen LogP contribution in [0.1, 0.15) is 16.1 Å². The Morgan fingerprint density at radius 2 is 2.10 bits per heavy atom. The molecular weight excluding hydrogens is 252 g/mol. The van der Waals surface area contributed by atoms with Crippen LogP contribution in [-0.4, -0.2) is 20.4 Å². The number of hydrogen-bond acceptors (Lipinski definition) is 2. The minimum Gasteiger partial charge on any atom is -0.347 e. The van der Waals surface area contributed by atoms with Crippen molar-refractivity contribution in [1.82, 2.24) is 19.9 Å². The summed E-state index contributed by atoms with van der Waals surface area (Å²) in [5.41, 5.74) is 2.47. The molecule has 100 valence electrons. The quantitative estimate of drug-likeness (QED) is 0.760. The maximum atomic E-state index is 12.1. The van der Waals surface area contributed by atoms with E-state index < -0.39 is 0 Å². The highest BCUT2D eigenvalue weighted by molar-refractivity contribution is 5.94. The Bertz CT molecular complexity index is 687. The van der Waals surface area contributed by atoms with Crippen LogP contribution in [0.25, 0.3) is 5.69 Å². The summed E-state index contributed by atoms with van der Waals surface area (Å²) >= 11 is 0. The minimum atomic E-state index is -0.103. The van der Waals surface area contributed by atoms with Crippen LogP contribution in [0, 0.1) is 0 Å². The van der Waals surface area contributed by atoms with Gasteiger partial charge in [0.25, 0.3) is 5.91 Å². The number of carbonyl (C=O) groups excluding carboxylic acids is 1. The summed E-state index contributed by atoms with van der Waals surface area (Å²) in [5, 5.41) is 2.85. The number of hydrogen-bond donors (Lipinski definition) is 2. The molecule has 2 heterocycles. The smallest absolute Gasteiger partial charge is 0.251 e. The van der Waals surface area contributed by atoms with Gasteiger partial charge >= 0.3 is 0 Å². The van der Waals surface area contributed by atoms with E-state index >= 15 is 0 Å². The lowest BCUT2D eigenvalue weighted by atomic mass is 10.2. The molecule has 0 bridgehead atoms. The van der Waals surface area contributed by atoms with Gasteiger partial charge in [-0.15, -0.1) is 0 Å². The van der Waals surface area contributed by atoms with Crippen LogP contribution in [0.5, 0.6) is 0 Å². The van der Waals surface area contributed by atoms with Crippen molar-refractivity contribution in [2.24, 2.45) is 0 Å². The van der Waals surface area contributed by atoms with Crippen LogP contribution in [0.2, 0.25) is 0 Å². The van der Waals surface area contributed by atoms with E-state index in [1.165, 1.54) is 0 Å². The van der Waals surface area contributed by atoms with E-state index in [0.717, 1.165) is 11.4 Å². The van der Waals surface area contributed by atoms with Gasteiger partial charge in [0.1, 0.15) is 0 Å². The lowest BCUT2D eigenvalue weighted by molar-refractivity contribution is 0.0950. The predicted octanol–water partition coefficient (Wildman–Crippen LogP) is 2.13. The van der Waals surface area contributed by atoms with Crippen molar-refractivity contribution in [3.05, 3.63) is 72.6 Å². The van der Waals surface area contributed by atoms with Gasteiger partial charge in [0.05, 0.1) is 18.6 Å². The van der Waals surface area contributed by atoms with Gasteiger partial charge in [-0.1, -0.05) is 6.07 Å². The Morgan fingerprint density at radius 3 is 2.85 bits per heavy atom. The Labute approximate surface area is 116 Å². The summed E-state index contributed by atoms with van der Waals surface area (Å²) in [6.45, 7) is 0.437. The molecule has 0 aliphatic rings. The number of aromatic nitrogens is 3. The fraction of sp³-hybridized carbons (Fsp3) is 0.0667. The summed E-state index contributed by atoms with van der Waals surface area (Å²) in [4.78, 5) is 19.0. The number of rotatable bonds is 4. The first kappa shape index (κ1) is 12.2. The molecule has 0 fully saturated rings. The Hall–Kier alpha value is -2.82. The first-order chi connectivity index (χ1) is 9.83. The summed E-state index contributed by atoms with van der Waals surface area (Å²) in [7, 11) is 0. The maximum Gasteiger partial charge on any atom is 0.251 e. The molecule has 0 radical (unpaired) electrons. The van der Waals surface area contributed by atoms with Gasteiger partial charge < -0.3 is 14.9 Å². The topological polar surface area (TPSA) is 62.7 Å². The third kappa shape index (κ3) is 2.61. The monoisotopic (exact) mass is 266 g/mol. The van der Waals surface area contributed by atoms with E-state index in [0.29, 0.717) is 12.1 Å². The zero-order valence-corrected chi connectivity index (χ0v) is 10.8. The number of imidazole rings is 1. The zero-order chi connectivity index (χ0) is 13.8. The molecule has 0 aliphatic heterocycles. The van der Waals surface area contributed by atoms with Crippen molar-refractivity contribution in [2.75, 3.05) is 0 Å². The molecule has 1 amide bonds. The summed E-state index contributed by atoms with van der Waals surface area (Å²) in [6.07, 6.45) is 7.17. The van der Waals surface area contributed by atoms with Crippen LogP contribution in [0.3, 0.4) is 0 Å². The van der Waals surface area contributed by atoms with E-state index in [1.807, 2.05) is 47.3 Å². The molecule has 3 rings (SSSR count). The molecule has 5 nitrogen and oxygen atoms in total. The second-order valence-corrected chi connectivity index (χ2v) is 4.40. The first-order valence-corrected chi connectivity index (χ1v) is 6.32. The van der Waals surface area contributed by atoms with Crippen molar-refractivity contribution >= 4 is 5.91 Å². The molecule has 0 unspecified atom stereocenters. The zero-order valence-electron chi connectivity index (χ0n) is 10.8. The van der Waals surface area contributed by atoms with Gasteiger partial charge in [-0.2, -0.15) is 0 Å². The molecule has 1 aromatic carbocycles. The second-order valence-electron chi connectivity index (χ2n) is 4.40. The highest BCUT2D eigenvalue weighted by atomic mass is 16.1. The van der Waals surface area contributed by atoms with Gasteiger partial charge in [-0.3, -0.25) is 4.79 Å². The molecule has 0 saturated heterocycles. The number of H-pyrrole nitrogens is 1. The molecule has 3 aromatic rings. The van der Waals surface area contributed by atoms with Gasteiger partial charge in [0.2, 0.25) is 0 Å². The van der Waals surface area contributed by atoms with Gasteiger partial charge in [-0.05, 0) is 30.3 Å². The highest BCUT2D eigenvalue weighted by Crippen LogP contribution is 2.11. The van der Waals surface area contributed by atoms with Gasteiger partial charge in [0.15, 0.2) is 0 Å². The lowest BCUT2D eigenvalue weighted by Crippen LogP contribution is -2.23. The van der Waals surface area contributed by atoms with Crippen LogP contribution in [0.15, 0.2) is 61.3 Å². The van der Waals surface area contributed by atoms with Crippen molar-refractivity contribution in [3.8, 4) is 5.69 Å². The SMILES string of the molecule is O=C(NCc1cnc[nH]1)c1cccc(-n2cccc2)c1. The molecule has 20 heavy (non-hydrogen) atoms. The van der Waals surface area contributed by atoms with Crippen molar-refractivity contribution in [3.63, 3.8) is 0 Å². The molecule has 2 N–H and O–H groups in total. The van der Waals surface area contributed by atoms with Gasteiger partial charge in [0, 0.05) is 29.8 Å². The summed E-state index contributed by atoms with van der Waals surface area (Å²) in [6, 6.07) is 11.4. The van der Waals surface area contributed by atoms with Crippen molar-refractivity contribution in [1.29, 1.82) is 0 Å². The van der Waals surface area contributed by atoms with Crippen molar-refractivity contribution < 1.29 is 4.79 Å². The fourth-order valence-corrected chi connectivity index (χ4v) is 1.97. The average Bonchev–Trinajstić information content (AvgIpc) is 3.18. The van der Waals surface area contributed by atoms with Crippen molar-refractivity contribution in [2.45, 2.75) is 6.54 Å². The number of benzene rings is 1. The third-order valence-corrected chi connectivity index (χ3v) is 3.01. The Balaban J connectivity index is 1.73. The fourth-order valence-electron chi connectivity index (χ4n) is 1.97. The van der Waals surface area contributed by atoms with E-state index in [2.05, 4.69) is 15.3 Å². The lowest BCUT2D eigenvalue weighted by Gasteiger charge is -2.07. The highest BCUT2D eigenvalue weighted by Gasteiger charge is 2.06. The first-order valence-electron chi connectivity index (χ1n) is 6.32. The predicted molar refractivity (Wildman–Crippen MR) is 75.5 cm³/mol. The van der Waals surface area contributed by atoms with E-state index in [-0.39, 0.29) is 5.91 Å². The number of nitrogens with zero attached hydrogens (tertiary/aromatic N) is 2. The Morgan fingerprint density at radius 1 is 1.25 bits per heavy atom. The van der Waals surface area contributed by atoms with Crippen LogP contribution < -0.4 is 5.32 Å². The second kappa shape index (κ2) is 5.44. The Kier molecular flexibility index (Phi) is 3.33. The number of carbonyl (C=O) groups is 1. The number of amides is 1. The third-order valence-electron chi connectivity index (χ3n) is 3.01. The average molecular weight is 266 g/mol. The number of aromatic amines is 1.